The number of nitrogens with one attached hydrogen (secondary N) is 1. The molecule has 0 saturated heterocycles. The van der Waals surface area contributed by atoms with Crippen molar-refractivity contribution in [2.24, 2.45) is 4.99 Å². The van der Waals surface area contributed by atoms with Gasteiger partial charge in [-0.1, -0.05) is 11.6 Å². The Morgan fingerprint density at radius 3 is 3.06 bits per heavy atom. The molecular weight excluding hydrogens is 234 g/mol. The maximum atomic E-state index is 5.94. The van der Waals surface area contributed by atoms with Crippen LogP contribution >= 0.6 is 11.6 Å². The van der Waals surface area contributed by atoms with Crippen LogP contribution < -0.4 is 5.32 Å². The summed E-state index contributed by atoms with van der Waals surface area (Å²) in [6.45, 7) is 5.12. The first-order valence-electron chi connectivity index (χ1n) is 5.52. The molecule has 0 amide bonds. The van der Waals surface area contributed by atoms with Crippen LogP contribution in [0.15, 0.2) is 35.5 Å². The molecule has 1 N–H and O–H groups in total. The number of fused-ring (bicyclic) bond motifs is 1. The second-order valence-electron chi connectivity index (χ2n) is 3.75. The number of benzene rings is 1. The number of hydrogen-bond acceptors (Lipinski definition) is 3. The fourth-order valence-corrected chi connectivity index (χ4v) is 1.86. The first-order valence-corrected chi connectivity index (χ1v) is 5.89. The van der Waals surface area contributed by atoms with Crippen LogP contribution in [0.25, 0.3) is 10.9 Å². The molecule has 1 heterocycles. The van der Waals surface area contributed by atoms with Gasteiger partial charge in [0.15, 0.2) is 0 Å². The molecule has 1 aromatic heterocycles. The Morgan fingerprint density at radius 1 is 1.35 bits per heavy atom. The number of pyridine rings is 1. The van der Waals surface area contributed by atoms with Crippen LogP contribution in [0.2, 0.25) is 5.02 Å². The third-order valence-electron chi connectivity index (χ3n) is 2.51. The van der Waals surface area contributed by atoms with Crippen molar-refractivity contribution in [3.63, 3.8) is 0 Å². The van der Waals surface area contributed by atoms with Crippen LogP contribution in [0.1, 0.15) is 6.42 Å². The molecule has 0 aliphatic rings. The van der Waals surface area contributed by atoms with Gasteiger partial charge >= 0.3 is 0 Å². The highest BCUT2D eigenvalue weighted by molar-refractivity contribution is 6.31. The lowest BCUT2D eigenvalue weighted by atomic mass is 10.2. The zero-order valence-corrected chi connectivity index (χ0v) is 10.2. The first kappa shape index (κ1) is 11.9. The number of aliphatic imine (C=N–C) groups is 1. The van der Waals surface area contributed by atoms with E-state index in [1.807, 2.05) is 24.3 Å². The normalized spacial score (nSPS) is 10.4. The fourth-order valence-electron chi connectivity index (χ4n) is 1.69. The number of nitrogens with zero attached hydrogens (tertiary/aromatic N) is 2. The van der Waals surface area contributed by atoms with Crippen molar-refractivity contribution >= 4 is 34.9 Å². The average Bonchev–Trinajstić information content (AvgIpc) is 2.34. The van der Waals surface area contributed by atoms with Crippen molar-refractivity contribution in [1.29, 1.82) is 0 Å². The number of anilines is 1. The van der Waals surface area contributed by atoms with E-state index in [0.29, 0.717) is 5.02 Å². The Bertz CT molecular complexity index is 525. The summed E-state index contributed by atoms with van der Waals surface area (Å²) in [7, 11) is 0. The molecule has 3 nitrogen and oxygen atoms in total. The molecule has 0 bridgehead atoms. The van der Waals surface area contributed by atoms with Crippen molar-refractivity contribution in [3.05, 3.63) is 35.5 Å². The number of hydrogen-bond donors (Lipinski definition) is 1. The van der Waals surface area contributed by atoms with E-state index in [4.69, 9.17) is 11.6 Å². The summed E-state index contributed by atoms with van der Waals surface area (Å²) in [6, 6.07) is 7.70. The smallest absolute Gasteiger partial charge is 0.0737 e. The van der Waals surface area contributed by atoms with Gasteiger partial charge < -0.3 is 10.3 Å². The Kier molecular flexibility index (Phi) is 3.94. The molecule has 0 unspecified atom stereocenters. The summed E-state index contributed by atoms with van der Waals surface area (Å²) in [5.41, 5.74) is 1.99. The largest absolute Gasteiger partial charge is 0.384 e. The lowest BCUT2D eigenvalue weighted by Gasteiger charge is -2.08. The molecule has 0 radical (unpaired) electrons. The predicted octanol–water partition coefficient (Wildman–Crippen LogP) is 3.39. The third-order valence-corrected chi connectivity index (χ3v) is 2.75. The highest BCUT2D eigenvalue weighted by Crippen LogP contribution is 2.24. The van der Waals surface area contributed by atoms with Gasteiger partial charge in [0, 0.05) is 35.4 Å². The SMILES string of the molecule is C=NCCCNc1ccnc2cc(Cl)ccc12. The van der Waals surface area contributed by atoms with E-state index in [9.17, 15) is 0 Å². The highest BCUT2D eigenvalue weighted by Gasteiger charge is 2.01. The van der Waals surface area contributed by atoms with Gasteiger partial charge in [0.1, 0.15) is 0 Å². The summed E-state index contributed by atoms with van der Waals surface area (Å²) in [5, 5.41) is 5.16. The van der Waals surface area contributed by atoms with Crippen molar-refractivity contribution in [2.45, 2.75) is 6.42 Å². The van der Waals surface area contributed by atoms with E-state index < -0.39 is 0 Å². The zero-order valence-electron chi connectivity index (χ0n) is 9.49. The Hall–Kier alpha value is -1.61. The second kappa shape index (κ2) is 5.64. The summed E-state index contributed by atoms with van der Waals surface area (Å²) in [4.78, 5) is 8.12. The quantitative estimate of drug-likeness (QED) is 0.650. The summed E-state index contributed by atoms with van der Waals surface area (Å²) < 4.78 is 0. The van der Waals surface area contributed by atoms with Gasteiger partial charge in [-0.05, 0) is 37.4 Å². The average molecular weight is 248 g/mol. The maximum absolute atomic E-state index is 5.94. The summed E-state index contributed by atoms with van der Waals surface area (Å²) in [6.07, 6.45) is 2.76. The van der Waals surface area contributed by atoms with Crippen LogP contribution in [0, 0.1) is 0 Å². The van der Waals surface area contributed by atoms with E-state index in [-0.39, 0.29) is 0 Å². The number of halogens is 1. The molecule has 0 saturated carbocycles. The summed E-state index contributed by atoms with van der Waals surface area (Å²) in [5.74, 6) is 0. The fraction of sp³-hybridized carbons (Fsp3) is 0.231. The lowest BCUT2D eigenvalue weighted by Crippen LogP contribution is -2.03. The van der Waals surface area contributed by atoms with Gasteiger partial charge in [0.2, 0.25) is 0 Å². The van der Waals surface area contributed by atoms with E-state index in [1.165, 1.54) is 0 Å². The van der Waals surface area contributed by atoms with Crippen LogP contribution in [0.4, 0.5) is 5.69 Å². The molecule has 0 aliphatic heterocycles. The second-order valence-corrected chi connectivity index (χ2v) is 4.18. The van der Waals surface area contributed by atoms with Crippen LogP contribution in [0.3, 0.4) is 0 Å². The van der Waals surface area contributed by atoms with E-state index in [2.05, 4.69) is 22.0 Å². The molecule has 88 valence electrons. The molecule has 17 heavy (non-hydrogen) atoms. The van der Waals surface area contributed by atoms with Crippen LogP contribution in [-0.2, 0) is 0 Å². The molecule has 2 aromatic rings. The Morgan fingerprint density at radius 2 is 2.24 bits per heavy atom. The molecule has 1 aromatic carbocycles. The van der Waals surface area contributed by atoms with Crippen molar-refractivity contribution in [1.82, 2.24) is 4.98 Å². The Balaban J connectivity index is 2.19. The molecule has 0 spiro atoms. The van der Waals surface area contributed by atoms with Gasteiger partial charge in [-0.15, -0.1) is 0 Å². The van der Waals surface area contributed by atoms with E-state index in [1.54, 1.807) is 6.20 Å². The molecular formula is C13H14ClN3. The molecule has 0 fully saturated rings. The zero-order chi connectivity index (χ0) is 12.1. The van der Waals surface area contributed by atoms with Gasteiger partial charge in [0.25, 0.3) is 0 Å². The topological polar surface area (TPSA) is 37.3 Å². The minimum Gasteiger partial charge on any atom is -0.384 e. The van der Waals surface area contributed by atoms with E-state index in [0.717, 1.165) is 36.1 Å². The molecule has 0 atom stereocenters. The van der Waals surface area contributed by atoms with Gasteiger partial charge in [0.05, 0.1) is 5.52 Å². The number of rotatable bonds is 5. The minimum atomic E-state index is 0.706. The van der Waals surface area contributed by atoms with Crippen LogP contribution in [-0.4, -0.2) is 24.8 Å². The minimum absolute atomic E-state index is 0.706. The van der Waals surface area contributed by atoms with Gasteiger partial charge in [-0.2, -0.15) is 0 Å². The lowest BCUT2D eigenvalue weighted by molar-refractivity contribution is 0.881. The maximum Gasteiger partial charge on any atom is 0.0737 e. The molecule has 0 aliphatic carbocycles. The molecule has 4 heteroatoms. The standard InChI is InChI=1S/C13H14ClN3/c1-15-6-2-7-16-12-5-8-17-13-9-10(14)3-4-11(12)13/h3-5,8-9H,1-2,6-7H2,(H,16,17). The first-order chi connectivity index (χ1) is 8.31. The Labute approximate surface area is 106 Å². The summed E-state index contributed by atoms with van der Waals surface area (Å²) >= 11 is 5.94. The van der Waals surface area contributed by atoms with Gasteiger partial charge in [-0.3, -0.25) is 4.98 Å². The van der Waals surface area contributed by atoms with E-state index >= 15 is 0 Å². The number of aromatic nitrogens is 1. The van der Waals surface area contributed by atoms with Crippen molar-refractivity contribution < 1.29 is 0 Å². The van der Waals surface area contributed by atoms with Crippen LogP contribution in [0.5, 0.6) is 0 Å². The van der Waals surface area contributed by atoms with Crippen molar-refractivity contribution in [2.75, 3.05) is 18.4 Å². The predicted molar refractivity (Wildman–Crippen MR) is 74.3 cm³/mol. The monoisotopic (exact) mass is 247 g/mol. The molecule has 2 rings (SSSR count). The third kappa shape index (κ3) is 2.94. The van der Waals surface area contributed by atoms with Gasteiger partial charge in [-0.25, -0.2) is 0 Å². The highest BCUT2D eigenvalue weighted by atomic mass is 35.5. The van der Waals surface area contributed by atoms with Crippen molar-refractivity contribution in [3.8, 4) is 0 Å².